The van der Waals surface area contributed by atoms with Crippen molar-refractivity contribution in [2.75, 3.05) is 11.6 Å². The average molecular weight is 217 g/mol. The molecule has 1 saturated heterocycles. The topological polar surface area (TPSA) is 12.5 Å². The molecule has 16 heavy (non-hydrogen) atoms. The van der Waals surface area contributed by atoms with E-state index in [4.69, 9.17) is 4.84 Å². The summed E-state index contributed by atoms with van der Waals surface area (Å²) in [7, 11) is 1.01. The van der Waals surface area contributed by atoms with Crippen LogP contribution in [0.2, 0.25) is 6.32 Å². The van der Waals surface area contributed by atoms with Crippen LogP contribution in [-0.2, 0) is 10.3 Å². The van der Waals surface area contributed by atoms with Gasteiger partial charge in [-0.3, -0.25) is 4.84 Å². The Morgan fingerprint density at radius 2 is 2.06 bits per heavy atom. The number of aryl methyl sites for hydroxylation is 1. The molecule has 1 aromatic rings. The van der Waals surface area contributed by atoms with Gasteiger partial charge in [-0.1, -0.05) is 32.9 Å². The van der Waals surface area contributed by atoms with Crippen molar-refractivity contribution in [1.29, 1.82) is 0 Å². The van der Waals surface area contributed by atoms with Crippen molar-refractivity contribution >= 4 is 13.1 Å². The average Bonchev–Trinajstić information content (AvgIpc) is 2.69. The van der Waals surface area contributed by atoms with Crippen LogP contribution < -0.4 is 4.97 Å². The fraction of sp³-hybridized carbons (Fsp3) is 0.538. The lowest BCUT2D eigenvalue weighted by molar-refractivity contribution is 0.185. The van der Waals surface area contributed by atoms with Crippen LogP contribution >= 0.6 is 0 Å². The molecule has 1 aromatic carbocycles. The van der Waals surface area contributed by atoms with Crippen LogP contribution in [0.3, 0.4) is 0 Å². The van der Waals surface area contributed by atoms with Crippen LogP contribution in [0.5, 0.6) is 0 Å². The molecule has 3 heteroatoms. The fourth-order valence-electron chi connectivity index (χ4n) is 2.04. The molecule has 0 atom stereocenters. The molecule has 2 rings (SSSR count). The SMILES string of the molecule is Cc1cc(C(C)(C)C)ccc1N1BCCO1. The van der Waals surface area contributed by atoms with Crippen molar-refractivity contribution in [2.45, 2.75) is 39.4 Å². The first kappa shape index (κ1) is 11.5. The molecule has 0 bridgehead atoms. The van der Waals surface area contributed by atoms with E-state index in [0.29, 0.717) is 0 Å². The molecular weight excluding hydrogens is 197 g/mol. The summed E-state index contributed by atoms with van der Waals surface area (Å²) in [6.45, 7) is 9.74. The van der Waals surface area contributed by atoms with Crippen molar-refractivity contribution in [1.82, 2.24) is 0 Å². The quantitative estimate of drug-likeness (QED) is 0.670. The van der Waals surface area contributed by atoms with Gasteiger partial charge in [0.1, 0.15) is 0 Å². The Morgan fingerprint density at radius 1 is 1.31 bits per heavy atom. The Morgan fingerprint density at radius 3 is 2.56 bits per heavy atom. The smallest absolute Gasteiger partial charge is 0.275 e. The molecule has 0 spiro atoms. The van der Waals surface area contributed by atoms with E-state index in [-0.39, 0.29) is 5.41 Å². The zero-order chi connectivity index (χ0) is 11.8. The van der Waals surface area contributed by atoms with Gasteiger partial charge in [-0.15, -0.1) is 0 Å². The monoisotopic (exact) mass is 217 g/mol. The summed E-state index contributed by atoms with van der Waals surface area (Å²) in [5.41, 5.74) is 4.11. The molecule has 0 amide bonds. The number of hydrogen-bond donors (Lipinski definition) is 0. The van der Waals surface area contributed by atoms with E-state index >= 15 is 0 Å². The highest BCUT2D eigenvalue weighted by atomic mass is 16.7. The summed E-state index contributed by atoms with van der Waals surface area (Å²) < 4.78 is 0. The summed E-state index contributed by atoms with van der Waals surface area (Å²) >= 11 is 0. The minimum Gasteiger partial charge on any atom is -0.305 e. The van der Waals surface area contributed by atoms with Gasteiger partial charge in [0, 0.05) is 0 Å². The minimum absolute atomic E-state index is 0.217. The third-order valence-corrected chi connectivity index (χ3v) is 3.08. The van der Waals surface area contributed by atoms with Gasteiger partial charge in [0.05, 0.1) is 12.3 Å². The fourth-order valence-corrected chi connectivity index (χ4v) is 2.04. The van der Waals surface area contributed by atoms with E-state index < -0.39 is 0 Å². The number of benzene rings is 1. The lowest BCUT2D eigenvalue weighted by atomic mass is 9.85. The van der Waals surface area contributed by atoms with Gasteiger partial charge in [-0.25, -0.2) is 0 Å². The van der Waals surface area contributed by atoms with E-state index in [1.807, 2.05) is 4.97 Å². The lowest BCUT2D eigenvalue weighted by Crippen LogP contribution is -2.20. The summed E-state index contributed by atoms with van der Waals surface area (Å²) in [5.74, 6) is 0. The van der Waals surface area contributed by atoms with E-state index in [9.17, 15) is 0 Å². The van der Waals surface area contributed by atoms with Crippen molar-refractivity contribution in [3.63, 3.8) is 0 Å². The first-order valence-electron chi connectivity index (χ1n) is 6.00. The summed E-state index contributed by atoms with van der Waals surface area (Å²) in [4.78, 5) is 7.59. The molecule has 2 nitrogen and oxygen atoms in total. The normalized spacial score (nSPS) is 16.4. The molecule has 0 saturated carbocycles. The highest BCUT2D eigenvalue weighted by molar-refractivity contribution is 6.41. The lowest BCUT2D eigenvalue weighted by Gasteiger charge is -2.24. The Kier molecular flexibility index (Phi) is 2.98. The molecule has 0 N–H and O–H groups in total. The highest BCUT2D eigenvalue weighted by Crippen LogP contribution is 2.29. The summed E-state index contributed by atoms with van der Waals surface area (Å²) in [6.07, 6.45) is 1.13. The Bertz CT molecular complexity index is 378. The minimum atomic E-state index is 0.217. The van der Waals surface area contributed by atoms with Gasteiger partial charge in [0.25, 0.3) is 7.41 Å². The van der Waals surface area contributed by atoms with Gasteiger partial charge in [0.15, 0.2) is 0 Å². The number of nitrogens with zero attached hydrogens (tertiary/aromatic N) is 1. The Balaban J connectivity index is 2.29. The van der Waals surface area contributed by atoms with Crippen LogP contribution in [0.25, 0.3) is 0 Å². The molecule has 0 radical (unpaired) electrons. The van der Waals surface area contributed by atoms with Crippen LogP contribution in [0.4, 0.5) is 5.69 Å². The maximum atomic E-state index is 5.58. The van der Waals surface area contributed by atoms with Crippen LogP contribution in [-0.4, -0.2) is 14.0 Å². The summed E-state index contributed by atoms with van der Waals surface area (Å²) in [5, 5.41) is 0. The predicted octanol–water partition coefficient (Wildman–Crippen LogP) is 2.81. The van der Waals surface area contributed by atoms with Crippen molar-refractivity contribution in [2.24, 2.45) is 0 Å². The van der Waals surface area contributed by atoms with Crippen LogP contribution in [0.1, 0.15) is 31.9 Å². The first-order chi connectivity index (χ1) is 7.48. The molecule has 1 aliphatic heterocycles. The number of hydrogen-bond acceptors (Lipinski definition) is 2. The second kappa shape index (κ2) is 4.13. The molecule has 1 aliphatic rings. The molecule has 1 fully saturated rings. The third-order valence-electron chi connectivity index (χ3n) is 3.08. The maximum absolute atomic E-state index is 5.58. The van der Waals surface area contributed by atoms with E-state index in [1.54, 1.807) is 0 Å². The van der Waals surface area contributed by atoms with E-state index in [0.717, 1.165) is 20.3 Å². The largest absolute Gasteiger partial charge is 0.305 e. The predicted molar refractivity (Wildman–Crippen MR) is 70.3 cm³/mol. The standard InChI is InChI=1S/C13H20BNO/c1-10-9-11(13(2,3)4)5-6-12(10)15-14-7-8-16-15/h5-6,9,14H,7-8H2,1-4H3. The molecule has 0 aromatic heterocycles. The van der Waals surface area contributed by atoms with Crippen LogP contribution in [0.15, 0.2) is 18.2 Å². The summed E-state index contributed by atoms with van der Waals surface area (Å²) in [6, 6.07) is 6.67. The molecular formula is C13H20BNO. The molecule has 0 unspecified atom stereocenters. The van der Waals surface area contributed by atoms with Crippen molar-refractivity contribution < 1.29 is 4.84 Å². The van der Waals surface area contributed by atoms with Crippen LogP contribution in [0, 0.1) is 6.92 Å². The molecule has 1 heterocycles. The molecule has 86 valence electrons. The van der Waals surface area contributed by atoms with E-state index in [2.05, 4.69) is 45.9 Å². The van der Waals surface area contributed by atoms with Crippen molar-refractivity contribution in [3.05, 3.63) is 29.3 Å². The first-order valence-corrected chi connectivity index (χ1v) is 6.00. The van der Waals surface area contributed by atoms with Gasteiger partial charge < -0.3 is 4.97 Å². The zero-order valence-corrected chi connectivity index (χ0v) is 10.7. The van der Waals surface area contributed by atoms with Gasteiger partial charge in [0.2, 0.25) is 0 Å². The maximum Gasteiger partial charge on any atom is 0.275 e. The Labute approximate surface area is 98.8 Å². The van der Waals surface area contributed by atoms with Gasteiger partial charge >= 0.3 is 0 Å². The van der Waals surface area contributed by atoms with Crippen molar-refractivity contribution in [3.8, 4) is 0 Å². The Hall–Kier alpha value is -0.955. The number of rotatable bonds is 1. The number of anilines is 1. The highest BCUT2D eigenvalue weighted by Gasteiger charge is 2.19. The van der Waals surface area contributed by atoms with Gasteiger partial charge in [-0.05, 0) is 35.9 Å². The third kappa shape index (κ3) is 2.24. The van der Waals surface area contributed by atoms with E-state index in [1.165, 1.54) is 16.8 Å². The van der Waals surface area contributed by atoms with Gasteiger partial charge in [-0.2, -0.15) is 0 Å². The molecule has 0 aliphatic carbocycles. The zero-order valence-electron chi connectivity index (χ0n) is 10.7. The second-order valence-corrected chi connectivity index (χ2v) is 5.54. The second-order valence-electron chi connectivity index (χ2n) is 5.54.